The fourth-order valence-corrected chi connectivity index (χ4v) is 4.47. The van der Waals surface area contributed by atoms with E-state index >= 15 is 0 Å². The van der Waals surface area contributed by atoms with E-state index in [-0.39, 0.29) is 23.2 Å². The second-order valence-electron chi connectivity index (χ2n) is 6.85. The smallest absolute Gasteiger partial charge is 0.311 e. The molecule has 3 aliphatic carbocycles. The molecule has 2 aromatic rings. The Kier molecular flexibility index (Phi) is 4.80. The molecule has 1 N–H and O–H groups in total. The first-order chi connectivity index (χ1) is 12.7. The fourth-order valence-electron chi connectivity index (χ4n) is 4.31. The minimum absolute atomic E-state index is 0.0514. The zero-order chi connectivity index (χ0) is 18.1. The number of nitrogens with zero attached hydrogens (tertiary/aromatic N) is 3. The van der Waals surface area contributed by atoms with Crippen molar-refractivity contribution in [1.82, 2.24) is 15.0 Å². The molecule has 7 nitrogen and oxygen atoms in total. The molecule has 0 unspecified atom stereocenters. The number of aromatic nitrogens is 3. The molecule has 8 heteroatoms. The Morgan fingerprint density at radius 1 is 1.27 bits per heavy atom. The molecule has 138 valence electrons. The van der Waals surface area contributed by atoms with Crippen molar-refractivity contribution in [1.29, 1.82) is 0 Å². The molecule has 2 heterocycles. The van der Waals surface area contributed by atoms with Crippen LogP contribution in [0.5, 0.6) is 0 Å². The van der Waals surface area contributed by atoms with E-state index in [1.54, 1.807) is 18.4 Å². The molecule has 0 spiro atoms. The second kappa shape index (κ2) is 7.23. The number of carbonyl (C=O) groups excluding carboxylic acids is 1. The number of halogens is 1. The molecule has 26 heavy (non-hydrogen) atoms. The third kappa shape index (κ3) is 3.28. The number of esters is 1. The van der Waals surface area contributed by atoms with Crippen LogP contribution in [-0.4, -0.2) is 33.6 Å². The Morgan fingerprint density at radius 2 is 2.04 bits per heavy atom. The van der Waals surface area contributed by atoms with Crippen LogP contribution in [-0.2, 0) is 9.53 Å². The Labute approximate surface area is 156 Å². The van der Waals surface area contributed by atoms with Gasteiger partial charge < -0.3 is 14.5 Å². The van der Waals surface area contributed by atoms with Gasteiger partial charge in [-0.1, -0.05) is 0 Å². The van der Waals surface area contributed by atoms with Gasteiger partial charge in [0.1, 0.15) is 0 Å². The van der Waals surface area contributed by atoms with Crippen molar-refractivity contribution < 1.29 is 13.9 Å². The maximum atomic E-state index is 12.6. The zero-order valence-electron chi connectivity index (χ0n) is 14.5. The lowest BCUT2D eigenvalue weighted by atomic mass is 9.61. The predicted octanol–water partition coefficient (Wildman–Crippen LogP) is 3.56. The third-order valence-electron chi connectivity index (χ3n) is 5.42. The van der Waals surface area contributed by atoms with Gasteiger partial charge in [-0.3, -0.25) is 4.79 Å². The van der Waals surface area contributed by atoms with Gasteiger partial charge in [-0.25, -0.2) is 0 Å². The van der Waals surface area contributed by atoms with E-state index in [0.29, 0.717) is 36.0 Å². The topological polar surface area (TPSA) is 90.1 Å². The highest BCUT2D eigenvalue weighted by atomic mass is 35.5. The van der Waals surface area contributed by atoms with Crippen LogP contribution >= 0.6 is 11.6 Å². The van der Waals surface area contributed by atoms with Gasteiger partial charge in [-0.15, -0.1) is 0 Å². The largest absolute Gasteiger partial charge is 0.466 e. The Bertz CT molecular complexity index is 775. The van der Waals surface area contributed by atoms with Gasteiger partial charge in [-0.05, 0) is 68.2 Å². The average Bonchev–Trinajstić information content (AvgIpc) is 3.17. The average molecular weight is 377 g/mol. The molecule has 0 aliphatic heterocycles. The molecule has 2 atom stereocenters. The molecule has 0 radical (unpaired) electrons. The number of carbonyl (C=O) groups is 1. The first-order valence-electron chi connectivity index (χ1n) is 9.04. The van der Waals surface area contributed by atoms with E-state index < -0.39 is 0 Å². The van der Waals surface area contributed by atoms with Crippen LogP contribution in [0.2, 0.25) is 5.28 Å². The highest BCUT2D eigenvalue weighted by Crippen LogP contribution is 2.46. The molecule has 2 bridgehead atoms. The Balaban J connectivity index is 1.61. The predicted molar refractivity (Wildman–Crippen MR) is 95.5 cm³/mol. The van der Waals surface area contributed by atoms with Gasteiger partial charge in [0.2, 0.25) is 17.1 Å². The standard InChI is InChI=1S/C18H21ClN4O3/c1-2-25-16(24)13-10-5-7-11(8-6-10)14(13)20-18-22-15(21-17(19)23-18)12-4-3-9-26-12/h3-4,9-11,13-14H,2,5-8H2,1H3,(H,20,21,22,23)/t10?,11?,13-,14-/m1/s1. The Morgan fingerprint density at radius 3 is 2.73 bits per heavy atom. The number of fused-ring (bicyclic) bond motifs is 3. The van der Waals surface area contributed by atoms with E-state index in [1.807, 2.05) is 6.92 Å². The van der Waals surface area contributed by atoms with Crippen molar-refractivity contribution >= 4 is 23.5 Å². The molecular formula is C18H21ClN4O3. The number of hydrogen-bond donors (Lipinski definition) is 1. The SMILES string of the molecule is CCOC(=O)[C@@H]1C2CCC(CC2)[C@H]1Nc1nc(Cl)nc(-c2ccco2)n1. The molecule has 3 fully saturated rings. The van der Waals surface area contributed by atoms with Gasteiger partial charge >= 0.3 is 5.97 Å². The fraction of sp³-hybridized carbons (Fsp3) is 0.556. The van der Waals surface area contributed by atoms with Crippen molar-refractivity contribution in [3.63, 3.8) is 0 Å². The Hall–Kier alpha value is -2.15. The van der Waals surface area contributed by atoms with Crippen LogP contribution in [0.3, 0.4) is 0 Å². The van der Waals surface area contributed by atoms with E-state index in [9.17, 15) is 4.79 Å². The van der Waals surface area contributed by atoms with E-state index in [0.717, 1.165) is 25.7 Å². The summed E-state index contributed by atoms with van der Waals surface area (Å²) in [7, 11) is 0. The van der Waals surface area contributed by atoms with E-state index in [2.05, 4.69) is 20.3 Å². The van der Waals surface area contributed by atoms with Crippen LogP contribution in [0.15, 0.2) is 22.8 Å². The van der Waals surface area contributed by atoms with E-state index in [1.165, 1.54) is 0 Å². The molecule has 5 rings (SSSR count). The molecule has 0 saturated heterocycles. The summed E-state index contributed by atoms with van der Waals surface area (Å²) in [5.41, 5.74) is 0. The normalized spacial score (nSPS) is 27.3. The monoisotopic (exact) mass is 376 g/mol. The number of furan rings is 1. The van der Waals surface area contributed by atoms with Crippen LogP contribution < -0.4 is 5.32 Å². The minimum Gasteiger partial charge on any atom is -0.466 e. The molecule has 3 saturated carbocycles. The molecule has 0 aromatic carbocycles. The van der Waals surface area contributed by atoms with Crippen LogP contribution in [0.1, 0.15) is 32.6 Å². The van der Waals surface area contributed by atoms with Crippen LogP contribution in [0.4, 0.5) is 5.95 Å². The van der Waals surface area contributed by atoms with Crippen LogP contribution in [0, 0.1) is 17.8 Å². The minimum atomic E-state index is -0.176. The molecule has 2 aromatic heterocycles. The first-order valence-corrected chi connectivity index (χ1v) is 9.42. The van der Waals surface area contributed by atoms with Crippen LogP contribution in [0.25, 0.3) is 11.6 Å². The van der Waals surface area contributed by atoms with Crippen molar-refractivity contribution in [2.75, 3.05) is 11.9 Å². The summed E-state index contributed by atoms with van der Waals surface area (Å²) >= 11 is 6.08. The number of ether oxygens (including phenoxy) is 1. The quantitative estimate of drug-likeness (QED) is 0.797. The van der Waals surface area contributed by atoms with Crippen molar-refractivity contribution in [2.45, 2.75) is 38.6 Å². The summed E-state index contributed by atoms with van der Waals surface area (Å²) < 4.78 is 10.7. The molecule has 0 amide bonds. The molecule has 3 aliphatic rings. The zero-order valence-corrected chi connectivity index (χ0v) is 15.3. The lowest BCUT2D eigenvalue weighted by Gasteiger charge is -2.47. The summed E-state index contributed by atoms with van der Waals surface area (Å²) in [6.07, 6.45) is 5.89. The maximum absolute atomic E-state index is 12.6. The summed E-state index contributed by atoms with van der Waals surface area (Å²) in [6.45, 7) is 2.22. The lowest BCUT2D eigenvalue weighted by molar-refractivity contribution is -0.154. The highest BCUT2D eigenvalue weighted by molar-refractivity contribution is 6.28. The number of rotatable bonds is 5. The maximum Gasteiger partial charge on any atom is 0.311 e. The summed E-state index contributed by atoms with van der Waals surface area (Å²) in [4.78, 5) is 25.3. The van der Waals surface area contributed by atoms with E-state index in [4.69, 9.17) is 20.8 Å². The second-order valence-corrected chi connectivity index (χ2v) is 7.19. The van der Waals surface area contributed by atoms with Gasteiger partial charge in [0.15, 0.2) is 5.76 Å². The van der Waals surface area contributed by atoms with Gasteiger partial charge in [0.05, 0.1) is 18.8 Å². The molecular weight excluding hydrogens is 356 g/mol. The van der Waals surface area contributed by atoms with Gasteiger partial charge in [0.25, 0.3) is 0 Å². The van der Waals surface area contributed by atoms with Gasteiger partial charge in [0, 0.05) is 6.04 Å². The summed E-state index contributed by atoms with van der Waals surface area (Å²) in [5.74, 6) is 1.69. The highest BCUT2D eigenvalue weighted by Gasteiger charge is 2.48. The number of anilines is 1. The van der Waals surface area contributed by atoms with Gasteiger partial charge in [-0.2, -0.15) is 15.0 Å². The summed E-state index contributed by atoms with van der Waals surface area (Å²) in [6, 6.07) is 3.47. The summed E-state index contributed by atoms with van der Waals surface area (Å²) in [5, 5.41) is 3.44. The third-order valence-corrected chi connectivity index (χ3v) is 5.59. The van der Waals surface area contributed by atoms with Crippen molar-refractivity contribution in [3.8, 4) is 11.6 Å². The first kappa shape index (κ1) is 17.3. The van der Waals surface area contributed by atoms with Crippen molar-refractivity contribution in [2.24, 2.45) is 17.8 Å². The lowest BCUT2D eigenvalue weighted by Crippen LogP contribution is -2.52. The number of hydrogen-bond acceptors (Lipinski definition) is 7. The number of nitrogens with one attached hydrogen (secondary N) is 1. The van der Waals surface area contributed by atoms with Crippen molar-refractivity contribution in [3.05, 3.63) is 23.7 Å².